The first kappa shape index (κ1) is 23.6. The average molecular weight is 539 g/mol. The Hall–Kier alpha value is -4.51. The van der Waals surface area contributed by atoms with Gasteiger partial charge in [-0.3, -0.25) is 14.9 Å². The van der Waals surface area contributed by atoms with Gasteiger partial charge >= 0.3 is 0 Å². The number of H-pyrrole nitrogens is 2. The van der Waals surface area contributed by atoms with Gasteiger partial charge in [0, 0.05) is 34.3 Å². The summed E-state index contributed by atoms with van der Waals surface area (Å²) in [5.74, 6) is 0.616. The van der Waals surface area contributed by atoms with Crippen molar-refractivity contribution in [1.29, 1.82) is 0 Å². The molecule has 0 saturated heterocycles. The van der Waals surface area contributed by atoms with E-state index in [0.717, 1.165) is 58.5 Å². The summed E-state index contributed by atoms with van der Waals surface area (Å²) in [5, 5.41) is 10.3. The van der Waals surface area contributed by atoms with Crippen LogP contribution in [0.4, 0.5) is 10.1 Å². The minimum absolute atomic E-state index is 0.0531. The lowest BCUT2D eigenvalue weighted by Gasteiger charge is -2.20. The molecule has 0 bridgehead atoms. The summed E-state index contributed by atoms with van der Waals surface area (Å²) in [6.07, 6.45) is 10.3. The first-order valence-corrected chi connectivity index (χ1v) is 13.7. The van der Waals surface area contributed by atoms with E-state index in [-0.39, 0.29) is 17.0 Å². The van der Waals surface area contributed by atoms with E-state index in [0.29, 0.717) is 39.6 Å². The highest BCUT2D eigenvalue weighted by Crippen LogP contribution is 2.34. The molecule has 0 atom stereocenters. The van der Waals surface area contributed by atoms with Crippen molar-refractivity contribution in [2.45, 2.75) is 32.1 Å². The number of anilines is 1. The maximum atomic E-state index is 13.7. The molecular weight excluding hydrogens is 515 g/mol. The molecule has 7 rings (SSSR count). The van der Waals surface area contributed by atoms with E-state index in [2.05, 4.69) is 35.5 Å². The molecule has 194 valence electrons. The van der Waals surface area contributed by atoms with Crippen LogP contribution >= 0.6 is 11.3 Å². The van der Waals surface area contributed by atoms with Crippen molar-refractivity contribution in [2.75, 3.05) is 5.32 Å². The van der Waals surface area contributed by atoms with Crippen molar-refractivity contribution >= 4 is 45.1 Å². The zero-order chi connectivity index (χ0) is 26.3. The molecule has 1 aliphatic carbocycles. The van der Waals surface area contributed by atoms with Gasteiger partial charge < -0.3 is 10.3 Å². The highest BCUT2D eigenvalue weighted by molar-refractivity contribution is 7.14. The SMILES string of the molecule is O=C(Nc1cncc(-c2ccc3[nH]nc(-c4nc5nccc(-c6ccc(F)s6)c5[nH]4)c3n2)c1)C1CCCCC1. The third kappa shape index (κ3) is 4.44. The molecule has 9 nitrogen and oxygen atoms in total. The molecule has 3 N–H and O–H groups in total. The van der Waals surface area contributed by atoms with Gasteiger partial charge in [0.15, 0.2) is 22.3 Å². The van der Waals surface area contributed by atoms with Gasteiger partial charge in [-0.15, -0.1) is 11.3 Å². The van der Waals surface area contributed by atoms with E-state index in [9.17, 15) is 9.18 Å². The fourth-order valence-electron chi connectivity index (χ4n) is 5.17. The van der Waals surface area contributed by atoms with Crippen molar-refractivity contribution in [3.63, 3.8) is 0 Å². The predicted octanol–water partition coefficient (Wildman–Crippen LogP) is 6.34. The van der Waals surface area contributed by atoms with Crippen LogP contribution in [0.15, 0.2) is 55.0 Å². The number of hydrogen-bond donors (Lipinski definition) is 3. The van der Waals surface area contributed by atoms with E-state index in [1.165, 1.54) is 12.5 Å². The second-order valence-electron chi connectivity index (χ2n) is 9.70. The van der Waals surface area contributed by atoms with Crippen molar-refractivity contribution in [1.82, 2.24) is 35.1 Å². The van der Waals surface area contributed by atoms with Crippen LogP contribution in [0.2, 0.25) is 0 Å². The summed E-state index contributed by atoms with van der Waals surface area (Å²) in [6, 6.07) is 10.7. The molecule has 6 aromatic heterocycles. The highest BCUT2D eigenvalue weighted by atomic mass is 32.1. The second-order valence-corrected chi connectivity index (χ2v) is 10.7. The van der Waals surface area contributed by atoms with Gasteiger partial charge in [-0.05, 0) is 49.2 Å². The quantitative estimate of drug-likeness (QED) is 0.235. The maximum absolute atomic E-state index is 13.7. The fourth-order valence-corrected chi connectivity index (χ4v) is 5.93. The number of aromatic amines is 2. The molecule has 0 radical (unpaired) electrons. The number of nitrogens with one attached hydrogen (secondary N) is 3. The van der Waals surface area contributed by atoms with Gasteiger partial charge in [0.05, 0.1) is 28.6 Å². The number of thiophene rings is 1. The molecule has 11 heteroatoms. The molecule has 39 heavy (non-hydrogen) atoms. The van der Waals surface area contributed by atoms with Crippen molar-refractivity contribution in [3.05, 3.63) is 60.1 Å². The number of aromatic nitrogens is 7. The molecule has 6 aromatic rings. The predicted molar refractivity (Wildman–Crippen MR) is 148 cm³/mol. The van der Waals surface area contributed by atoms with Gasteiger partial charge in [-0.1, -0.05) is 19.3 Å². The smallest absolute Gasteiger partial charge is 0.227 e. The summed E-state index contributed by atoms with van der Waals surface area (Å²) >= 11 is 1.07. The lowest BCUT2D eigenvalue weighted by atomic mass is 9.88. The summed E-state index contributed by atoms with van der Waals surface area (Å²) in [7, 11) is 0. The third-order valence-corrected chi connectivity index (χ3v) is 8.05. The summed E-state index contributed by atoms with van der Waals surface area (Å²) < 4.78 is 13.7. The van der Waals surface area contributed by atoms with Crippen molar-refractivity contribution in [3.8, 4) is 33.2 Å². The first-order valence-electron chi connectivity index (χ1n) is 12.8. The van der Waals surface area contributed by atoms with Crippen molar-refractivity contribution < 1.29 is 9.18 Å². The number of carbonyl (C=O) groups excluding carboxylic acids is 1. The van der Waals surface area contributed by atoms with E-state index < -0.39 is 0 Å². The summed E-state index contributed by atoms with van der Waals surface area (Å²) in [6.45, 7) is 0. The number of halogens is 1. The van der Waals surface area contributed by atoms with Crippen LogP contribution in [-0.2, 0) is 4.79 Å². The molecule has 1 aliphatic rings. The van der Waals surface area contributed by atoms with E-state index in [1.807, 2.05) is 24.3 Å². The lowest BCUT2D eigenvalue weighted by molar-refractivity contribution is -0.120. The number of pyridine rings is 3. The highest BCUT2D eigenvalue weighted by Gasteiger charge is 2.22. The van der Waals surface area contributed by atoms with Crippen LogP contribution in [0, 0.1) is 11.0 Å². The summed E-state index contributed by atoms with van der Waals surface area (Å²) in [5.41, 5.74) is 6.07. The lowest BCUT2D eigenvalue weighted by Crippen LogP contribution is -2.24. The molecule has 6 heterocycles. The number of amides is 1. The van der Waals surface area contributed by atoms with Gasteiger partial charge in [-0.2, -0.15) is 9.49 Å². The van der Waals surface area contributed by atoms with Gasteiger partial charge in [0.25, 0.3) is 0 Å². The molecule has 1 saturated carbocycles. The molecule has 0 spiro atoms. The number of hydrogen-bond acceptors (Lipinski definition) is 7. The van der Waals surface area contributed by atoms with Gasteiger partial charge in [-0.25, -0.2) is 15.0 Å². The van der Waals surface area contributed by atoms with E-state index in [4.69, 9.17) is 4.98 Å². The molecule has 0 aromatic carbocycles. The minimum atomic E-state index is -0.253. The van der Waals surface area contributed by atoms with Crippen LogP contribution in [0.5, 0.6) is 0 Å². The Morgan fingerprint density at radius 1 is 1.05 bits per heavy atom. The number of nitrogens with zero attached hydrogens (tertiary/aromatic N) is 5. The Morgan fingerprint density at radius 3 is 2.79 bits per heavy atom. The summed E-state index contributed by atoms with van der Waals surface area (Å²) in [4.78, 5) is 35.1. The Kier molecular flexibility index (Phi) is 5.85. The van der Waals surface area contributed by atoms with Crippen LogP contribution in [0.3, 0.4) is 0 Å². The standard InChI is InChI=1S/C28H23FN8OS/c29-22-9-8-21(39-22)18-10-11-31-26-23(18)34-27(35-26)25-24-20(36-37-25)7-6-19(33-24)16-12-17(14-30-13-16)32-28(38)15-4-2-1-3-5-15/h6-15H,1-5H2,(H,32,38)(H,36,37)(H,31,34,35). The monoisotopic (exact) mass is 538 g/mol. The minimum Gasteiger partial charge on any atom is -0.335 e. The zero-order valence-electron chi connectivity index (χ0n) is 20.7. The Bertz CT molecular complexity index is 1830. The molecular formula is C28H23FN8OS. The Balaban J connectivity index is 1.22. The fraction of sp³-hybridized carbons (Fsp3) is 0.214. The number of fused-ring (bicyclic) bond motifs is 2. The normalized spacial score (nSPS) is 14.3. The number of rotatable bonds is 5. The Morgan fingerprint density at radius 2 is 1.95 bits per heavy atom. The number of carbonyl (C=O) groups is 1. The van der Waals surface area contributed by atoms with Crippen LogP contribution < -0.4 is 5.32 Å². The number of imidazole rings is 1. The molecule has 1 amide bonds. The Labute approximate surface area is 226 Å². The third-order valence-electron chi connectivity index (χ3n) is 7.14. The molecule has 0 aliphatic heterocycles. The molecule has 1 fully saturated rings. The van der Waals surface area contributed by atoms with Gasteiger partial charge in [0.1, 0.15) is 5.52 Å². The first-order chi connectivity index (χ1) is 19.1. The average Bonchev–Trinajstić information content (AvgIpc) is 3.71. The van der Waals surface area contributed by atoms with Crippen LogP contribution in [-0.4, -0.2) is 41.0 Å². The van der Waals surface area contributed by atoms with E-state index >= 15 is 0 Å². The van der Waals surface area contributed by atoms with Gasteiger partial charge in [0.2, 0.25) is 5.91 Å². The van der Waals surface area contributed by atoms with Crippen LogP contribution in [0.1, 0.15) is 32.1 Å². The van der Waals surface area contributed by atoms with E-state index in [1.54, 1.807) is 24.7 Å². The second kappa shape index (κ2) is 9.66. The maximum Gasteiger partial charge on any atom is 0.227 e. The topological polar surface area (TPSA) is 125 Å². The zero-order valence-corrected chi connectivity index (χ0v) is 21.6. The van der Waals surface area contributed by atoms with Crippen molar-refractivity contribution in [2.24, 2.45) is 5.92 Å². The van der Waals surface area contributed by atoms with Crippen LogP contribution in [0.25, 0.3) is 55.4 Å². The largest absolute Gasteiger partial charge is 0.335 e. The molecule has 0 unspecified atom stereocenters.